The van der Waals surface area contributed by atoms with Crippen molar-refractivity contribution in [3.05, 3.63) is 64.7 Å². The van der Waals surface area contributed by atoms with Crippen molar-refractivity contribution < 1.29 is 14.3 Å². The van der Waals surface area contributed by atoms with Gasteiger partial charge in [0.2, 0.25) is 5.91 Å². The number of methoxy groups -OCH3 is 1. The molecule has 6 nitrogen and oxygen atoms in total. The fourth-order valence-electron chi connectivity index (χ4n) is 3.96. The third-order valence-electron chi connectivity index (χ3n) is 6.05. The molecule has 0 N–H and O–H groups in total. The molecule has 1 aliphatic heterocycles. The minimum atomic E-state index is -0.242. The van der Waals surface area contributed by atoms with E-state index in [4.69, 9.17) is 16.3 Å². The van der Waals surface area contributed by atoms with Gasteiger partial charge in [-0.05, 0) is 60.4 Å². The molecule has 2 aromatic carbocycles. The van der Waals surface area contributed by atoms with Crippen LogP contribution in [0.4, 0.5) is 0 Å². The van der Waals surface area contributed by atoms with Gasteiger partial charge in [-0.3, -0.25) is 9.59 Å². The van der Waals surface area contributed by atoms with Gasteiger partial charge in [0.05, 0.1) is 18.9 Å². The van der Waals surface area contributed by atoms with Crippen molar-refractivity contribution in [1.29, 1.82) is 0 Å². The van der Waals surface area contributed by atoms with Crippen LogP contribution in [0.2, 0.25) is 5.02 Å². The van der Waals surface area contributed by atoms with Crippen molar-refractivity contribution >= 4 is 29.1 Å². The summed E-state index contributed by atoms with van der Waals surface area (Å²) in [5.74, 6) is 0.669. The maximum absolute atomic E-state index is 13.2. The second-order valence-corrected chi connectivity index (χ2v) is 8.54. The topological polar surface area (TPSA) is 62.2 Å². The van der Waals surface area contributed by atoms with Gasteiger partial charge in [-0.25, -0.2) is 5.01 Å². The summed E-state index contributed by atoms with van der Waals surface area (Å²) in [6.45, 7) is 0.0127. The molecule has 2 aliphatic rings. The van der Waals surface area contributed by atoms with Gasteiger partial charge in [-0.15, -0.1) is 0 Å². The monoisotopic (exact) mass is 439 g/mol. The second-order valence-electron chi connectivity index (χ2n) is 8.11. The third kappa shape index (κ3) is 4.59. The Morgan fingerprint density at radius 3 is 2.39 bits per heavy atom. The summed E-state index contributed by atoms with van der Waals surface area (Å²) in [5, 5.41) is 6.84. The standard InChI is InChI=1S/C24H26ClN3O3/c1-27(24(30)18-4-3-5-18)15-23(29)28-22(17-6-10-19(25)11-7-17)14-21(26-28)16-8-12-20(31-2)13-9-16/h6-13,18,22H,3-5,14-15H2,1-2H3. The molecule has 2 aromatic rings. The Hall–Kier alpha value is -2.86. The van der Waals surface area contributed by atoms with Crippen LogP contribution in [0.25, 0.3) is 0 Å². The van der Waals surface area contributed by atoms with Crippen LogP contribution in [0, 0.1) is 5.92 Å². The van der Waals surface area contributed by atoms with Crippen molar-refractivity contribution in [1.82, 2.24) is 9.91 Å². The maximum atomic E-state index is 13.2. The van der Waals surface area contributed by atoms with Crippen molar-refractivity contribution in [2.24, 2.45) is 11.0 Å². The fourth-order valence-corrected chi connectivity index (χ4v) is 4.09. The van der Waals surface area contributed by atoms with E-state index in [1.807, 2.05) is 48.5 Å². The van der Waals surface area contributed by atoms with Crippen molar-refractivity contribution in [3.8, 4) is 5.75 Å². The molecule has 162 valence electrons. The summed E-state index contributed by atoms with van der Waals surface area (Å²) in [4.78, 5) is 27.2. The number of rotatable bonds is 6. The van der Waals surface area contributed by atoms with Crippen molar-refractivity contribution in [3.63, 3.8) is 0 Å². The number of ether oxygens (including phenoxy) is 1. The smallest absolute Gasteiger partial charge is 0.262 e. The summed E-state index contributed by atoms with van der Waals surface area (Å²) in [6, 6.07) is 14.9. The number of hydrogen-bond acceptors (Lipinski definition) is 4. The number of halogens is 1. The fraction of sp³-hybridized carbons (Fsp3) is 0.375. The lowest BCUT2D eigenvalue weighted by molar-refractivity contribution is -0.144. The summed E-state index contributed by atoms with van der Waals surface area (Å²) >= 11 is 6.06. The first kappa shape index (κ1) is 21.4. The quantitative estimate of drug-likeness (QED) is 0.674. The van der Waals surface area contributed by atoms with E-state index in [0.717, 1.165) is 41.9 Å². The van der Waals surface area contributed by atoms with Crippen LogP contribution in [-0.2, 0) is 9.59 Å². The molecule has 1 aliphatic carbocycles. The van der Waals surface area contributed by atoms with E-state index < -0.39 is 0 Å². The van der Waals surface area contributed by atoms with E-state index in [9.17, 15) is 9.59 Å². The van der Waals surface area contributed by atoms with E-state index in [1.54, 1.807) is 14.2 Å². The largest absolute Gasteiger partial charge is 0.497 e. The number of hydrogen-bond donors (Lipinski definition) is 0. The van der Waals surface area contributed by atoms with E-state index in [1.165, 1.54) is 9.91 Å². The first-order valence-electron chi connectivity index (χ1n) is 10.5. The highest BCUT2D eigenvalue weighted by Gasteiger charge is 2.35. The molecular weight excluding hydrogens is 414 g/mol. The SMILES string of the molecule is COc1ccc(C2=NN(C(=O)CN(C)C(=O)C3CCC3)C(c3ccc(Cl)cc3)C2)cc1. The van der Waals surface area contributed by atoms with E-state index >= 15 is 0 Å². The van der Waals surface area contributed by atoms with Gasteiger partial charge < -0.3 is 9.64 Å². The molecular formula is C24H26ClN3O3. The molecule has 0 bridgehead atoms. The Morgan fingerprint density at radius 2 is 1.81 bits per heavy atom. The first-order valence-corrected chi connectivity index (χ1v) is 10.9. The molecule has 1 fully saturated rings. The maximum Gasteiger partial charge on any atom is 0.262 e. The van der Waals surface area contributed by atoms with Crippen molar-refractivity contribution in [2.45, 2.75) is 31.7 Å². The summed E-state index contributed by atoms with van der Waals surface area (Å²) in [5.41, 5.74) is 2.72. The second kappa shape index (κ2) is 9.10. The minimum absolute atomic E-state index is 0.0127. The Kier molecular flexibility index (Phi) is 6.28. The molecule has 31 heavy (non-hydrogen) atoms. The Bertz CT molecular complexity index is 984. The van der Waals surface area contributed by atoms with Crippen LogP contribution in [-0.4, -0.2) is 48.1 Å². The van der Waals surface area contributed by atoms with E-state index in [-0.39, 0.29) is 30.3 Å². The number of benzene rings is 2. The molecule has 4 rings (SSSR count). The molecule has 1 heterocycles. The molecule has 2 amide bonds. The van der Waals surface area contributed by atoms with Crippen molar-refractivity contribution in [2.75, 3.05) is 20.7 Å². The first-order chi connectivity index (χ1) is 15.0. The average molecular weight is 440 g/mol. The van der Waals surface area contributed by atoms with E-state index in [2.05, 4.69) is 5.10 Å². The Labute approximate surface area is 187 Å². The molecule has 0 saturated heterocycles. The predicted octanol–water partition coefficient (Wildman–Crippen LogP) is 4.28. The highest BCUT2D eigenvalue weighted by Crippen LogP contribution is 2.34. The zero-order valence-corrected chi connectivity index (χ0v) is 18.5. The molecule has 0 radical (unpaired) electrons. The Morgan fingerprint density at radius 1 is 1.13 bits per heavy atom. The molecule has 1 saturated carbocycles. The van der Waals surface area contributed by atoms with Crippen LogP contribution in [0.5, 0.6) is 5.75 Å². The number of carbonyl (C=O) groups excluding carboxylic acids is 2. The lowest BCUT2D eigenvalue weighted by Gasteiger charge is -2.30. The molecule has 7 heteroatoms. The lowest BCUT2D eigenvalue weighted by atomic mass is 9.84. The molecule has 1 unspecified atom stereocenters. The van der Waals surface area contributed by atoms with Gasteiger partial charge in [0.1, 0.15) is 12.3 Å². The zero-order chi connectivity index (χ0) is 22.0. The zero-order valence-electron chi connectivity index (χ0n) is 17.8. The number of carbonyl (C=O) groups is 2. The highest BCUT2D eigenvalue weighted by atomic mass is 35.5. The molecule has 0 spiro atoms. The van der Waals surface area contributed by atoms with Crippen LogP contribution in [0.15, 0.2) is 53.6 Å². The Balaban J connectivity index is 1.57. The highest BCUT2D eigenvalue weighted by molar-refractivity contribution is 6.30. The van der Waals surface area contributed by atoms with Crippen LogP contribution < -0.4 is 4.74 Å². The molecule has 0 aromatic heterocycles. The normalized spacial score (nSPS) is 18.4. The van der Waals surface area contributed by atoms with Gasteiger partial charge in [-0.1, -0.05) is 30.2 Å². The summed E-state index contributed by atoms with van der Waals surface area (Å²) in [6.07, 6.45) is 3.49. The van der Waals surface area contributed by atoms with Crippen LogP contribution in [0.1, 0.15) is 42.9 Å². The number of nitrogens with zero attached hydrogens (tertiary/aromatic N) is 3. The van der Waals surface area contributed by atoms with Gasteiger partial charge in [0, 0.05) is 24.4 Å². The molecule has 1 atom stereocenters. The summed E-state index contributed by atoms with van der Waals surface area (Å²) < 4.78 is 5.24. The average Bonchev–Trinajstić information content (AvgIpc) is 3.18. The number of likely N-dealkylation sites (N-methyl/N-ethyl adjacent to an activating group) is 1. The third-order valence-corrected chi connectivity index (χ3v) is 6.30. The lowest BCUT2D eigenvalue weighted by Crippen LogP contribution is -2.42. The number of hydrazone groups is 1. The van der Waals surface area contributed by atoms with Gasteiger partial charge >= 0.3 is 0 Å². The van der Waals surface area contributed by atoms with Gasteiger partial charge in [0.15, 0.2) is 0 Å². The minimum Gasteiger partial charge on any atom is -0.497 e. The van der Waals surface area contributed by atoms with E-state index in [0.29, 0.717) is 11.4 Å². The van der Waals surface area contributed by atoms with Crippen LogP contribution >= 0.6 is 11.6 Å². The van der Waals surface area contributed by atoms with Gasteiger partial charge in [-0.2, -0.15) is 5.10 Å². The van der Waals surface area contributed by atoms with Crippen LogP contribution in [0.3, 0.4) is 0 Å². The number of amides is 2. The summed E-state index contributed by atoms with van der Waals surface area (Å²) in [7, 11) is 3.32. The predicted molar refractivity (Wildman–Crippen MR) is 120 cm³/mol. The van der Waals surface area contributed by atoms with Gasteiger partial charge in [0.25, 0.3) is 5.91 Å².